The predicted octanol–water partition coefficient (Wildman–Crippen LogP) is 12.4. The summed E-state index contributed by atoms with van der Waals surface area (Å²) in [6.45, 7) is 0. The van der Waals surface area contributed by atoms with E-state index in [1.807, 2.05) is 24.3 Å². The monoisotopic (exact) mass is 575 g/mol. The second-order valence-corrected chi connectivity index (χ2v) is 11.7. The van der Waals surface area contributed by atoms with Gasteiger partial charge in [0.15, 0.2) is 0 Å². The van der Waals surface area contributed by atoms with Crippen LogP contribution >= 0.6 is 0 Å². The van der Waals surface area contributed by atoms with Gasteiger partial charge in [-0.05, 0) is 81.5 Å². The van der Waals surface area contributed by atoms with E-state index < -0.39 is 0 Å². The van der Waals surface area contributed by atoms with E-state index in [0.717, 1.165) is 66.3 Å². The Hall–Kier alpha value is -6.06. The normalized spacial score (nSPS) is 12.0. The Morgan fingerprint density at radius 2 is 0.933 bits per heavy atom. The summed E-state index contributed by atoms with van der Waals surface area (Å²) < 4.78 is 12.6. The predicted molar refractivity (Wildman–Crippen MR) is 188 cm³/mol. The number of rotatable bonds is 3. The largest absolute Gasteiger partial charge is 0.456 e. The second-order valence-electron chi connectivity index (χ2n) is 11.7. The van der Waals surface area contributed by atoms with Crippen LogP contribution in [0.3, 0.4) is 0 Å². The topological polar surface area (TPSA) is 29.5 Å². The summed E-state index contributed by atoms with van der Waals surface area (Å²) in [6.07, 6.45) is 0. The van der Waals surface area contributed by atoms with Crippen LogP contribution in [0.4, 0.5) is 17.1 Å². The number of benzene rings is 8. The van der Waals surface area contributed by atoms with E-state index >= 15 is 0 Å². The summed E-state index contributed by atoms with van der Waals surface area (Å²) in [7, 11) is 0. The highest BCUT2D eigenvalue weighted by Gasteiger charge is 2.21. The maximum Gasteiger partial charge on any atom is 0.137 e. The molecule has 0 fully saturated rings. The number of para-hydroxylation sites is 2. The first-order valence-corrected chi connectivity index (χ1v) is 15.3. The van der Waals surface area contributed by atoms with E-state index in [0.29, 0.717) is 0 Å². The zero-order valence-corrected chi connectivity index (χ0v) is 24.2. The summed E-state index contributed by atoms with van der Waals surface area (Å²) in [6, 6.07) is 53.8. The molecule has 0 aliphatic heterocycles. The number of anilines is 3. The van der Waals surface area contributed by atoms with E-state index in [1.54, 1.807) is 0 Å². The van der Waals surface area contributed by atoms with Crippen molar-refractivity contribution in [2.75, 3.05) is 4.90 Å². The third-order valence-corrected chi connectivity index (χ3v) is 9.21. The maximum absolute atomic E-state index is 6.36. The Morgan fingerprint density at radius 1 is 0.333 bits per heavy atom. The molecule has 210 valence electrons. The van der Waals surface area contributed by atoms with E-state index in [2.05, 4.69) is 132 Å². The van der Waals surface area contributed by atoms with Crippen molar-refractivity contribution in [1.82, 2.24) is 0 Å². The highest BCUT2D eigenvalue weighted by atomic mass is 16.3. The molecule has 3 nitrogen and oxygen atoms in total. The molecule has 0 N–H and O–H groups in total. The lowest BCUT2D eigenvalue weighted by Gasteiger charge is -2.28. The van der Waals surface area contributed by atoms with Gasteiger partial charge in [0, 0.05) is 27.2 Å². The number of furan rings is 2. The van der Waals surface area contributed by atoms with Crippen LogP contribution in [0.15, 0.2) is 160 Å². The van der Waals surface area contributed by atoms with Crippen molar-refractivity contribution in [1.29, 1.82) is 0 Å². The average molecular weight is 576 g/mol. The van der Waals surface area contributed by atoms with Crippen LogP contribution < -0.4 is 4.90 Å². The van der Waals surface area contributed by atoms with Gasteiger partial charge in [0.25, 0.3) is 0 Å². The molecule has 0 atom stereocenters. The van der Waals surface area contributed by atoms with Crippen LogP contribution in [0.2, 0.25) is 0 Å². The Labute approximate surface area is 258 Å². The molecule has 0 aliphatic carbocycles. The summed E-state index contributed by atoms with van der Waals surface area (Å²) in [5.74, 6) is 0. The third kappa shape index (κ3) is 3.58. The smallest absolute Gasteiger partial charge is 0.137 e. The van der Waals surface area contributed by atoms with Crippen LogP contribution in [0, 0.1) is 0 Å². The minimum atomic E-state index is 0.874. The van der Waals surface area contributed by atoms with Crippen LogP contribution in [0.25, 0.3) is 76.2 Å². The second kappa shape index (κ2) is 9.22. The highest BCUT2D eigenvalue weighted by molar-refractivity contribution is 6.18. The molecule has 0 aliphatic rings. The zero-order chi connectivity index (χ0) is 29.5. The van der Waals surface area contributed by atoms with Gasteiger partial charge in [-0.15, -0.1) is 0 Å². The average Bonchev–Trinajstić information content (AvgIpc) is 3.66. The van der Waals surface area contributed by atoms with Crippen molar-refractivity contribution in [3.8, 4) is 0 Å². The van der Waals surface area contributed by atoms with Gasteiger partial charge in [-0.2, -0.15) is 0 Å². The van der Waals surface area contributed by atoms with Gasteiger partial charge in [-0.25, -0.2) is 0 Å². The van der Waals surface area contributed by atoms with Crippen LogP contribution in [0.1, 0.15) is 0 Å². The Morgan fingerprint density at radius 3 is 1.84 bits per heavy atom. The molecule has 10 aromatic rings. The Balaban J connectivity index is 1.30. The minimum absolute atomic E-state index is 0.874. The van der Waals surface area contributed by atoms with Crippen molar-refractivity contribution >= 4 is 93.3 Å². The van der Waals surface area contributed by atoms with E-state index in [9.17, 15) is 0 Å². The molecule has 45 heavy (non-hydrogen) atoms. The SMILES string of the molecule is c1ccc2c(N(c3ccc4ccc5cc6oc7ccccc7c6cc5c4c3)c3cccc4oc5ccccc5c34)cccc2c1. The maximum atomic E-state index is 6.36. The van der Waals surface area contributed by atoms with Gasteiger partial charge >= 0.3 is 0 Å². The molecule has 0 spiro atoms. The van der Waals surface area contributed by atoms with Crippen LogP contribution in [-0.4, -0.2) is 0 Å². The molecule has 3 heteroatoms. The van der Waals surface area contributed by atoms with Gasteiger partial charge in [-0.1, -0.05) is 97.1 Å². The molecule has 2 heterocycles. The van der Waals surface area contributed by atoms with Crippen molar-refractivity contribution in [2.45, 2.75) is 0 Å². The molecular formula is C42H25NO2. The van der Waals surface area contributed by atoms with Gasteiger partial charge in [0.1, 0.15) is 22.3 Å². The minimum Gasteiger partial charge on any atom is -0.456 e. The van der Waals surface area contributed by atoms with E-state index in [-0.39, 0.29) is 0 Å². The Bertz CT molecular complexity index is 2780. The van der Waals surface area contributed by atoms with Crippen LogP contribution in [-0.2, 0) is 0 Å². The van der Waals surface area contributed by atoms with Gasteiger partial charge < -0.3 is 13.7 Å². The standard InChI is InChI=1S/C42H25NO2/c1-2-11-30-26(9-1)10-7-14-36(30)43(37-15-8-18-40-42(37)32-13-4-6-17-39(32)44-40)29-22-21-27-19-20-28-23-41-35(25-34(28)33(27)24-29)31-12-3-5-16-38(31)45-41/h1-25H. The molecule has 8 aromatic carbocycles. The van der Waals surface area contributed by atoms with E-state index in [4.69, 9.17) is 8.83 Å². The fraction of sp³-hybridized carbons (Fsp3) is 0. The fourth-order valence-corrected chi connectivity index (χ4v) is 7.15. The molecule has 0 radical (unpaired) electrons. The molecule has 10 rings (SSSR count). The van der Waals surface area contributed by atoms with Gasteiger partial charge in [0.2, 0.25) is 0 Å². The molecule has 0 saturated heterocycles. The lowest BCUT2D eigenvalue weighted by Crippen LogP contribution is -2.11. The van der Waals surface area contributed by atoms with Crippen molar-refractivity contribution in [3.05, 3.63) is 152 Å². The van der Waals surface area contributed by atoms with E-state index in [1.165, 1.54) is 26.9 Å². The zero-order valence-electron chi connectivity index (χ0n) is 24.2. The van der Waals surface area contributed by atoms with Gasteiger partial charge in [0.05, 0.1) is 16.8 Å². The quantitative estimate of drug-likeness (QED) is 0.196. The molecular weight excluding hydrogens is 550 g/mol. The fourth-order valence-electron chi connectivity index (χ4n) is 7.15. The van der Waals surface area contributed by atoms with Crippen molar-refractivity contribution in [2.24, 2.45) is 0 Å². The Kier molecular flexibility index (Phi) is 5.00. The lowest BCUT2D eigenvalue weighted by atomic mass is 9.98. The number of nitrogens with zero attached hydrogens (tertiary/aromatic N) is 1. The number of fused-ring (bicyclic) bond motifs is 10. The first kappa shape index (κ1) is 24.4. The summed E-state index contributed by atoms with van der Waals surface area (Å²) in [5.41, 5.74) is 6.87. The molecule has 0 saturated carbocycles. The molecule has 2 aromatic heterocycles. The highest BCUT2D eigenvalue weighted by Crippen LogP contribution is 2.46. The first-order chi connectivity index (χ1) is 22.3. The van der Waals surface area contributed by atoms with Gasteiger partial charge in [-0.3, -0.25) is 0 Å². The summed E-state index contributed by atoms with van der Waals surface area (Å²) >= 11 is 0. The summed E-state index contributed by atoms with van der Waals surface area (Å²) in [4.78, 5) is 2.40. The molecule has 0 unspecified atom stereocenters. The van der Waals surface area contributed by atoms with Crippen LogP contribution in [0.5, 0.6) is 0 Å². The number of hydrogen-bond acceptors (Lipinski definition) is 3. The number of hydrogen-bond donors (Lipinski definition) is 0. The third-order valence-electron chi connectivity index (χ3n) is 9.21. The van der Waals surface area contributed by atoms with Crippen molar-refractivity contribution < 1.29 is 8.83 Å². The van der Waals surface area contributed by atoms with Crippen molar-refractivity contribution in [3.63, 3.8) is 0 Å². The first-order valence-electron chi connectivity index (χ1n) is 15.3. The molecule has 0 amide bonds. The molecule has 0 bridgehead atoms. The summed E-state index contributed by atoms with van der Waals surface area (Å²) in [5, 5.41) is 11.6. The lowest BCUT2D eigenvalue weighted by molar-refractivity contribution is 0.669.